The summed E-state index contributed by atoms with van der Waals surface area (Å²) in [6.07, 6.45) is 0. The number of hydrogen-bond acceptors (Lipinski definition) is 1. The molecule has 0 aromatic heterocycles. The summed E-state index contributed by atoms with van der Waals surface area (Å²) in [5, 5.41) is 4.43. The summed E-state index contributed by atoms with van der Waals surface area (Å²) in [4.78, 5) is 0. The van der Waals surface area contributed by atoms with Gasteiger partial charge in [-0.1, -0.05) is 46.9 Å². The zero-order valence-electron chi connectivity index (χ0n) is 10.1. The van der Waals surface area contributed by atoms with Crippen LogP contribution in [-0.4, -0.2) is 0 Å². The van der Waals surface area contributed by atoms with Gasteiger partial charge in [-0.15, -0.1) is 0 Å². The first-order chi connectivity index (χ1) is 8.97. The molecule has 0 radical (unpaired) electrons. The number of anilines is 1. The second kappa shape index (κ2) is 6.00. The van der Waals surface area contributed by atoms with Gasteiger partial charge in [0.15, 0.2) is 0 Å². The molecule has 2 rings (SSSR count). The van der Waals surface area contributed by atoms with E-state index in [-0.39, 0.29) is 5.82 Å². The summed E-state index contributed by atoms with van der Waals surface area (Å²) in [6.45, 7) is 2.15. The molecule has 0 amide bonds. The maximum atomic E-state index is 13.4. The van der Waals surface area contributed by atoms with Gasteiger partial charge in [0.25, 0.3) is 0 Å². The fourth-order valence-corrected chi connectivity index (χ4v) is 2.60. The van der Waals surface area contributed by atoms with Crippen LogP contribution in [0.4, 0.5) is 10.1 Å². The Morgan fingerprint density at radius 3 is 2.26 bits per heavy atom. The Hall–Kier alpha value is -0.960. The lowest BCUT2D eigenvalue weighted by molar-refractivity contribution is 0.616. The highest BCUT2D eigenvalue weighted by atomic mass is 35.5. The standard InChI is InChI=1S/C14H11Cl3FN/c1-8-2-3-9(4-13(8)18)7-19-14-11(16)5-10(15)6-12(14)17/h2-6,19H,7H2,1H3. The number of halogens is 4. The monoisotopic (exact) mass is 317 g/mol. The number of hydrogen-bond donors (Lipinski definition) is 1. The van der Waals surface area contributed by atoms with Crippen LogP contribution >= 0.6 is 34.8 Å². The van der Waals surface area contributed by atoms with Crippen LogP contribution < -0.4 is 5.32 Å². The Kier molecular flexibility index (Phi) is 4.56. The Bertz CT molecular complexity index is 591. The molecule has 0 saturated heterocycles. The van der Waals surface area contributed by atoms with Gasteiger partial charge >= 0.3 is 0 Å². The molecule has 2 aromatic rings. The van der Waals surface area contributed by atoms with Gasteiger partial charge in [-0.05, 0) is 36.2 Å². The highest BCUT2D eigenvalue weighted by Crippen LogP contribution is 2.33. The van der Waals surface area contributed by atoms with Crippen molar-refractivity contribution < 1.29 is 4.39 Å². The molecule has 0 fully saturated rings. The molecule has 0 aliphatic carbocycles. The van der Waals surface area contributed by atoms with Crippen LogP contribution in [0.15, 0.2) is 30.3 Å². The van der Waals surface area contributed by atoms with Crippen LogP contribution in [0.5, 0.6) is 0 Å². The van der Waals surface area contributed by atoms with E-state index in [0.29, 0.717) is 32.9 Å². The van der Waals surface area contributed by atoms with E-state index in [1.165, 1.54) is 6.07 Å². The number of rotatable bonds is 3. The molecule has 100 valence electrons. The summed E-state index contributed by atoms with van der Waals surface area (Å²) in [5.74, 6) is -0.229. The molecule has 0 atom stereocenters. The van der Waals surface area contributed by atoms with Gasteiger partial charge in [-0.2, -0.15) is 0 Å². The Morgan fingerprint density at radius 2 is 1.68 bits per heavy atom. The summed E-state index contributed by atoms with van der Waals surface area (Å²) < 4.78 is 13.4. The first kappa shape index (κ1) is 14.4. The molecule has 19 heavy (non-hydrogen) atoms. The quantitative estimate of drug-likeness (QED) is 0.764. The predicted octanol–water partition coefficient (Wildman–Crippen LogP) is 5.71. The first-order valence-electron chi connectivity index (χ1n) is 5.61. The Balaban J connectivity index is 2.16. The summed E-state index contributed by atoms with van der Waals surface area (Å²) in [6, 6.07) is 8.28. The van der Waals surface area contributed by atoms with Crippen molar-refractivity contribution in [2.45, 2.75) is 13.5 Å². The molecular formula is C14H11Cl3FN. The lowest BCUT2D eigenvalue weighted by Gasteiger charge is -2.11. The minimum Gasteiger partial charge on any atom is -0.379 e. The second-order valence-corrected chi connectivity index (χ2v) is 5.43. The molecule has 0 heterocycles. The van der Waals surface area contributed by atoms with Gasteiger partial charge < -0.3 is 5.32 Å². The van der Waals surface area contributed by atoms with E-state index in [1.54, 1.807) is 25.1 Å². The van der Waals surface area contributed by atoms with Crippen molar-refractivity contribution in [3.8, 4) is 0 Å². The topological polar surface area (TPSA) is 12.0 Å². The van der Waals surface area contributed by atoms with Gasteiger partial charge in [-0.3, -0.25) is 0 Å². The zero-order valence-corrected chi connectivity index (χ0v) is 12.4. The van der Waals surface area contributed by atoms with Crippen molar-refractivity contribution in [3.05, 3.63) is 62.3 Å². The van der Waals surface area contributed by atoms with E-state index < -0.39 is 0 Å². The van der Waals surface area contributed by atoms with Crippen molar-refractivity contribution >= 4 is 40.5 Å². The highest BCUT2D eigenvalue weighted by Gasteiger charge is 2.08. The average molecular weight is 319 g/mol. The number of benzene rings is 2. The van der Waals surface area contributed by atoms with Crippen molar-refractivity contribution in [3.63, 3.8) is 0 Å². The Morgan fingerprint density at radius 1 is 1.05 bits per heavy atom. The maximum Gasteiger partial charge on any atom is 0.126 e. The lowest BCUT2D eigenvalue weighted by Crippen LogP contribution is -2.01. The molecule has 0 aliphatic rings. The third-order valence-electron chi connectivity index (χ3n) is 2.71. The molecule has 1 N–H and O–H groups in total. The molecule has 5 heteroatoms. The molecule has 0 unspecified atom stereocenters. The van der Waals surface area contributed by atoms with E-state index >= 15 is 0 Å². The molecule has 0 spiro atoms. The molecule has 0 bridgehead atoms. The van der Waals surface area contributed by atoms with Gasteiger partial charge in [-0.25, -0.2) is 4.39 Å². The normalized spacial score (nSPS) is 10.6. The van der Waals surface area contributed by atoms with Crippen LogP contribution in [0.2, 0.25) is 15.1 Å². The van der Waals surface area contributed by atoms with Crippen LogP contribution in [0.3, 0.4) is 0 Å². The fraction of sp³-hybridized carbons (Fsp3) is 0.143. The van der Waals surface area contributed by atoms with Crippen LogP contribution in [0, 0.1) is 12.7 Å². The zero-order chi connectivity index (χ0) is 14.0. The first-order valence-corrected chi connectivity index (χ1v) is 6.74. The molecule has 2 aromatic carbocycles. The number of nitrogens with one attached hydrogen (secondary N) is 1. The third-order valence-corrected chi connectivity index (χ3v) is 3.53. The predicted molar refractivity (Wildman–Crippen MR) is 79.9 cm³/mol. The van der Waals surface area contributed by atoms with Gasteiger partial charge in [0.2, 0.25) is 0 Å². The molecular weight excluding hydrogens is 308 g/mol. The fourth-order valence-electron chi connectivity index (χ4n) is 1.65. The molecule has 0 aliphatic heterocycles. The minimum atomic E-state index is -0.229. The van der Waals surface area contributed by atoms with E-state index in [1.807, 2.05) is 6.07 Å². The highest BCUT2D eigenvalue weighted by molar-refractivity contribution is 6.41. The van der Waals surface area contributed by atoms with E-state index in [0.717, 1.165) is 5.56 Å². The van der Waals surface area contributed by atoms with Crippen molar-refractivity contribution in [2.75, 3.05) is 5.32 Å². The minimum absolute atomic E-state index is 0.229. The molecule has 0 saturated carbocycles. The summed E-state index contributed by atoms with van der Waals surface area (Å²) in [7, 11) is 0. The third kappa shape index (κ3) is 3.53. The van der Waals surface area contributed by atoms with Crippen molar-refractivity contribution in [2.24, 2.45) is 0 Å². The van der Waals surface area contributed by atoms with E-state index in [9.17, 15) is 4.39 Å². The van der Waals surface area contributed by atoms with Crippen molar-refractivity contribution in [1.29, 1.82) is 0 Å². The van der Waals surface area contributed by atoms with E-state index in [4.69, 9.17) is 34.8 Å². The van der Waals surface area contributed by atoms with Crippen LogP contribution in [0.25, 0.3) is 0 Å². The maximum absolute atomic E-state index is 13.4. The van der Waals surface area contributed by atoms with Gasteiger partial charge in [0.05, 0.1) is 15.7 Å². The van der Waals surface area contributed by atoms with Gasteiger partial charge in [0, 0.05) is 11.6 Å². The largest absolute Gasteiger partial charge is 0.379 e. The second-order valence-electron chi connectivity index (χ2n) is 4.18. The Labute approximate surface area is 126 Å². The van der Waals surface area contributed by atoms with Crippen LogP contribution in [-0.2, 0) is 6.54 Å². The van der Waals surface area contributed by atoms with Crippen molar-refractivity contribution in [1.82, 2.24) is 0 Å². The average Bonchev–Trinajstić information content (AvgIpc) is 2.32. The summed E-state index contributed by atoms with van der Waals surface area (Å²) in [5.41, 5.74) is 2.02. The SMILES string of the molecule is Cc1ccc(CNc2c(Cl)cc(Cl)cc2Cl)cc1F. The smallest absolute Gasteiger partial charge is 0.126 e. The van der Waals surface area contributed by atoms with Gasteiger partial charge in [0.1, 0.15) is 5.82 Å². The number of aryl methyl sites for hydroxylation is 1. The molecule has 1 nitrogen and oxygen atoms in total. The van der Waals surface area contributed by atoms with E-state index in [2.05, 4.69) is 5.32 Å². The summed E-state index contributed by atoms with van der Waals surface area (Å²) >= 11 is 17.9. The lowest BCUT2D eigenvalue weighted by atomic mass is 10.1. The van der Waals surface area contributed by atoms with Crippen LogP contribution in [0.1, 0.15) is 11.1 Å².